The first-order valence-corrected chi connectivity index (χ1v) is 7.78. The number of carboxylic acids is 1. The van der Waals surface area contributed by atoms with Crippen LogP contribution < -0.4 is 5.48 Å². The number of benzene rings is 1. The maximum Gasteiger partial charge on any atom is 0.322 e. The fourth-order valence-electron chi connectivity index (χ4n) is 1.52. The van der Waals surface area contributed by atoms with Crippen LogP contribution in [0, 0.1) is 0 Å². The second kappa shape index (κ2) is 6.82. The number of hydrogen-bond donors (Lipinski definition) is 3. The lowest BCUT2D eigenvalue weighted by molar-refractivity contribution is -0.136. The topological polar surface area (TPSA) is 121 Å². The minimum Gasteiger partial charge on any atom is -0.480 e. The normalized spacial score (nSPS) is 12.7. The van der Waals surface area contributed by atoms with Gasteiger partial charge in [-0.05, 0) is 30.7 Å². The number of amides is 1. The van der Waals surface area contributed by atoms with Gasteiger partial charge in [0.25, 0.3) is 0 Å². The molecule has 0 saturated carbocycles. The van der Waals surface area contributed by atoms with Crippen molar-refractivity contribution in [2.75, 3.05) is 0 Å². The Bertz CT molecular complexity index is 598. The number of rotatable bonds is 6. The molecule has 1 aromatic carbocycles. The molecule has 9 heteroatoms. The van der Waals surface area contributed by atoms with Crippen molar-refractivity contribution in [1.29, 1.82) is 0 Å². The molecule has 110 valence electrons. The van der Waals surface area contributed by atoms with Crippen molar-refractivity contribution in [2.45, 2.75) is 23.0 Å². The SMILES string of the molecule is O=C(CCC(C(=O)O)S(=O)(=O)c1ccc(Br)cc1)NO. The van der Waals surface area contributed by atoms with Gasteiger partial charge in [0.15, 0.2) is 15.1 Å². The van der Waals surface area contributed by atoms with Gasteiger partial charge < -0.3 is 5.11 Å². The van der Waals surface area contributed by atoms with Gasteiger partial charge in [-0.15, -0.1) is 0 Å². The summed E-state index contributed by atoms with van der Waals surface area (Å²) in [6, 6.07) is 5.52. The van der Waals surface area contributed by atoms with Crippen LogP contribution in [0.25, 0.3) is 0 Å². The van der Waals surface area contributed by atoms with Crippen LogP contribution in [0.1, 0.15) is 12.8 Å². The molecule has 0 bridgehead atoms. The summed E-state index contributed by atoms with van der Waals surface area (Å²) >= 11 is 3.15. The summed E-state index contributed by atoms with van der Waals surface area (Å²) in [5, 5.41) is 15.6. The highest BCUT2D eigenvalue weighted by molar-refractivity contribution is 9.10. The van der Waals surface area contributed by atoms with Crippen molar-refractivity contribution >= 4 is 37.6 Å². The van der Waals surface area contributed by atoms with Gasteiger partial charge in [0.1, 0.15) is 0 Å². The van der Waals surface area contributed by atoms with E-state index in [4.69, 9.17) is 10.3 Å². The number of carbonyl (C=O) groups is 2. The molecule has 0 aromatic heterocycles. The van der Waals surface area contributed by atoms with Crippen molar-refractivity contribution in [3.05, 3.63) is 28.7 Å². The van der Waals surface area contributed by atoms with Gasteiger partial charge in [0.2, 0.25) is 5.91 Å². The van der Waals surface area contributed by atoms with E-state index in [2.05, 4.69) is 15.9 Å². The van der Waals surface area contributed by atoms with Gasteiger partial charge in [0.05, 0.1) is 4.90 Å². The third kappa shape index (κ3) is 4.02. The molecule has 0 aliphatic rings. The Morgan fingerprint density at radius 1 is 1.25 bits per heavy atom. The Morgan fingerprint density at radius 3 is 2.25 bits per heavy atom. The molecule has 0 spiro atoms. The molecule has 20 heavy (non-hydrogen) atoms. The van der Waals surface area contributed by atoms with Crippen LogP contribution in [-0.2, 0) is 19.4 Å². The predicted octanol–water partition coefficient (Wildman–Crippen LogP) is 0.962. The molecule has 0 aliphatic heterocycles. The van der Waals surface area contributed by atoms with Crippen LogP contribution >= 0.6 is 15.9 Å². The zero-order valence-electron chi connectivity index (χ0n) is 10.1. The van der Waals surface area contributed by atoms with Crippen molar-refractivity contribution in [3.63, 3.8) is 0 Å². The molecule has 1 unspecified atom stereocenters. The standard InChI is InChI=1S/C11H12BrNO6S/c12-7-1-3-8(4-2-7)20(18,19)9(11(15)16)5-6-10(14)13-17/h1-4,9,17H,5-6H2,(H,13,14)(H,15,16). The average Bonchev–Trinajstić information content (AvgIpc) is 2.38. The quantitative estimate of drug-likeness (QED) is 0.510. The fraction of sp³-hybridized carbons (Fsp3) is 0.273. The van der Waals surface area contributed by atoms with E-state index < -0.39 is 39.8 Å². The first-order chi connectivity index (χ1) is 9.28. The molecule has 1 aromatic rings. The minimum absolute atomic E-state index is 0.141. The third-order valence-corrected chi connectivity index (χ3v) is 5.19. The first-order valence-electron chi connectivity index (χ1n) is 5.44. The van der Waals surface area contributed by atoms with E-state index in [-0.39, 0.29) is 4.90 Å². The summed E-state index contributed by atoms with van der Waals surface area (Å²) in [5.41, 5.74) is 1.33. The van der Waals surface area contributed by atoms with Crippen LogP contribution in [0.15, 0.2) is 33.6 Å². The van der Waals surface area contributed by atoms with Crippen LogP contribution in [0.5, 0.6) is 0 Å². The number of sulfone groups is 1. The van der Waals surface area contributed by atoms with Gasteiger partial charge in [-0.3, -0.25) is 14.8 Å². The maximum absolute atomic E-state index is 12.2. The van der Waals surface area contributed by atoms with Crippen LogP contribution in [-0.4, -0.2) is 35.9 Å². The lowest BCUT2D eigenvalue weighted by Crippen LogP contribution is -2.32. The lowest BCUT2D eigenvalue weighted by Gasteiger charge is -2.13. The number of nitrogens with one attached hydrogen (secondary N) is 1. The largest absolute Gasteiger partial charge is 0.480 e. The van der Waals surface area contributed by atoms with Gasteiger partial charge in [-0.2, -0.15) is 0 Å². The summed E-state index contributed by atoms with van der Waals surface area (Å²) in [6.07, 6.45) is -0.844. The molecule has 0 saturated heterocycles. The number of aliphatic carboxylic acids is 1. The molecule has 0 heterocycles. The van der Waals surface area contributed by atoms with Crippen molar-refractivity contribution < 1.29 is 28.3 Å². The predicted molar refractivity (Wildman–Crippen MR) is 71.9 cm³/mol. The van der Waals surface area contributed by atoms with Crippen LogP contribution in [0.3, 0.4) is 0 Å². The average molecular weight is 366 g/mol. The summed E-state index contributed by atoms with van der Waals surface area (Å²) < 4.78 is 25.0. The molecule has 0 aliphatic carbocycles. The Labute approximate surface area is 123 Å². The summed E-state index contributed by atoms with van der Waals surface area (Å²) in [6.45, 7) is 0. The van der Waals surface area contributed by atoms with E-state index in [0.29, 0.717) is 4.47 Å². The summed E-state index contributed by atoms with van der Waals surface area (Å²) in [5.74, 6) is -2.39. The molecule has 1 amide bonds. The van der Waals surface area contributed by atoms with Crippen molar-refractivity contribution in [2.24, 2.45) is 0 Å². The number of halogens is 1. The molecule has 1 rings (SSSR count). The molecule has 7 nitrogen and oxygen atoms in total. The second-order valence-electron chi connectivity index (χ2n) is 3.90. The second-order valence-corrected chi connectivity index (χ2v) is 6.95. The number of hydroxylamine groups is 1. The molecule has 0 radical (unpaired) electrons. The first kappa shape index (κ1) is 16.6. The highest BCUT2D eigenvalue weighted by atomic mass is 79.9. The minimum atomic E-state index is -4.10. The summed E-state index contributed by atoms with van der Waals surface area (Å²) in [7, 11) is -4.10. The fourth-order valence-corrected chi connectivity index (χ4v) is 3.32. The Morgan fingerprint density at radius 2 is 1.80 bits per heavy atom. The smallest absolute Gasteiger partial charge is 0.322 e. The number of hydrogen-bond acceptors (Lipinski definition) is 5. The van der Waals surface area contributed by atoms with Gasteiger partial charge in [-0.1, -0.05) is 15.9 Å². The monoisotopic (exact) mass is 365 g/mol. The van der Waals surface area contributed by atoms with Gasteiger partial charge in [-0.25, -0.2) is 13.9 Å². The Hall–Kier alpha value is -1.45. The van der Waals surface area contributed by atoms with E-state index in [1.165, 1.54) is 29.7 Å². The molecular formula is C11H12BrNO6S. The molecule has 1 atom stereocenters. The molecule has 3 N–H and O–H groups in total. The van der Waals surface area contributed by atoms with E-state index >= 15 is 0 Å². The van der Waals surface area contributed by atoms with E-state index in [9.17, 15) is 18.0 Å². The van der Waals surface area contributed by atoms with E-state index in [1.807, 2.05) is 0 Å². The highest BCUT2D eigenvalue weighted by Crippen LogP contribution is 2.22. The van der Waals surface area contributed by atoms with Gasteiger partial charge in [0, 0.05) is 10.9 Å². The maximum atomic E-state index is 12.2. The number of carbonyl (C=O) groups excluding carboxylic acids is 1. The lowest BCUT2D eigenvalue weighted by atomic mass is 10.2. The number of carboxylic acid groups (broad SMARTS) is 1. The van der Waals surface area contributed by atoms with E-state index in [0.717, 1.165) is 0 Å². The van der Waals surface area contributed by atoms with Crippen LogP contribution in [0.4, 0.5) is 0 Å². The van der Waals surface area contributed by atoms with Crippen molar-refractivity contribution in [3.8, 4) is 0 Å². The van der Waals surface area contributed by atoms with E-state index in [1.54, 1.807) is 0 Å². The highest BCUT2D eigenvalue weighted by Gasteiger charge is 2.34. The molecular weight excluding hydrogens is 354 g/mol. The van der Waals surface area contributed by atoms with Crippen molar-refractivity contribution in [1.82, 2.24) is 5.48 Å². The summed E-state index contributed by atoms with van der Waals surface area (Å²) in [4.78, 5) is 21.9. The Kier molecular flexibility index (Phi) is 5.66. The molecule has 0 fully saturated rings. The zero-order chi connectivity index (χ0) is 15.3. The van der Waals surface area contributed by atoms with Crippen LogP contribution in [0.2, 0.25) is 0 Å². The third-order valence-electron chi connectivity index (χ3n) is 2.55. The Balaban J connectivity index is 3.03. The zero-order valence-corrected chi connectivity index (χ0v) is 12.5. The van der Waals surface area contributed by atoms with Gasteiger partial charge >= 0.3 is 5.97 Å².